The summed E-state index contributed by atoms with van der Waals surface area (Å²) < 4.78 is 11.8. The molecule has 0 aromatic heterocycles. The van der Waals surface area contributed by atoms with Gasteiger partial charge in [0.05, 0.1) is 7.14 Å². The molecular weight excluding hydrogens is 187 g/mol. The summed E-state index contributed by atoms with van der Waals surface area (Å²) >= 11 is 0. The van der Waals surface area contributed by atoms with E-state index >= 15 is 0 Å². The molecule has 13 heavy (non-hydrogen) atoms. The molecule has 0 aromatic rings. The summed E-state index contributed by atoms with van der Waals surface area (Å²) in [6.07, 6.45) is 1.97. The molecule has 1 N–H and O–H groups in total. The Morgan fingerprint density at radius 2 is 2.00 bits per heavy atom. The Balaban J connectivity index is 3.76. The zero-order valence-corrected chi connectivity index (χ0v) is 9.51. The van der Waals surface area contributed by atoms with Crippen LogP contribution in [-0.4, -0.2) is 30.1 Å². The third kappa shape index (κ3) is 8.04. The van der Waals surface area contributed by atoms with Crippen molar-refractivity contribution in [1.82, 2.24) is 0 Å². The first-order chi connectivity index (χ1) is 5.83. The van der Waals surface area contributed by atoms with Gasteiger partial charge in [-0.2, -0.15) is 0 Å². The van der Waals surface area contributed by atoms with E-state index in [2.05, 4.69) is 0 Å². The Labute approximate surface area is 79.9 Å². The van der Waals surface area contributed by atoms with E-state index < -0.39 is 13.1 Å². The highest BCUT2D eigenvalue weighted by Crippen LogP contribution is 2.43. The van der Waals surface area contributed by atoms with E-state index in [0.29, 0.717) is 18.5 Å². The van der Waals surface area contributed by atoms with Crippen LogP contribution in [0, 0.1) is 5.92 Å². The number of hydrogen-bond donors (Lipinski definition) is 1. The SMILES string of the molecule is CC(C)CP(C)(=O)CCCC(=O)O. The van der Waals surface area contributed by atoms with Gasteiger partial charge < -0.3 is 9.67 Å². The van der Waals surface area contributed by atoms with Crippen LogP contribution in [0.5, 0.6) is 0 Å². The molecule has 0 saturated heterocycles. The van der Waals surface area contributed by atoms with Gasteiger partial charge in [0.2, 0.25) is 0 Å². The third-order valence-electron chi connectivity index (χ3n) is 1.77. The molecule has 0 heterocycles. The lowest BCUT2D eigenvalue weighted by molar-refractivity contribution is -0.137. The summed E-state index contributed by atoms with van der Waals surface area (Å²) in [6.45, 7) is 5.84. The molecule has 1 atom stereocenters. The smallest absolute Gasteiger partial charge is 0.303 e. The van der Waals surface area contributed by atoms with Crippen LogP contribution in [0.3, 0.4) is 0 Å². The Kier molecular flexibility index (Phi) is 5.31. The van der Waals surface area contributed by atoms with E-state index in [1.807, 2.05) is 13.8 Å². The molecule has 3 nitrogen and oxygen atoms in total. The van der Waals surface area contributed by atoms with Gasteiger partial charge in [0.15, 0.2) is 0 Å². The van der Waals surface area contributed by atoms with E-state index in [1.54, 1.807) is 6.66 Å². The van der Waals surface area contributed by atoms with E-state index in [0.717, 1.165) is 6.16 Å². The highest BCUT2D eigenvalue weighted by atomic mass is 31.2. The Morgan fingerprint density at radius 3 is 2.38 bits per heavy atom. The predicted molar refractivity (Wildman–Crippen MR) is 55.0 cm³/mol. The lowest BCUT2D eigenvalue weighted by Crippen LogP contribution is -2.02. The first kappa shape index (κ1) is 12.7. The van der Waals surface area contributed by atoms with Crippen LogP contribution in [0.2, 0.25) is 0 Å². The molecule has 0 aliphatic heterocycles. The first-order valence-corrected chi connectivity index (χ1v) is 7.13. The van der Waals surface area contributed by atoms with Crippen molar-refractivity contribution >= 4 is 13.1 Å². The summed E-state index contributed by atoms with van der Waals surface area (Å²) in [5.74, 6) is -0.370. The fourth-order valence-electron chi connectivity index (χ4n) is 1.43. The lowest BCUT2D eigenvalue weighted by atomic mass is 10.3. The van der Waals surface area contributed by atoms with Crippen LogP contribution >= 0.6 is 7.14 Å². The molecule has 0 radical (unpaired) electrons. The van der Waals surface area contributed by atoms with Crippen LogP contribution in [0.15, 0.2) is 0 Å². The minimum absolute atomic E-state index is 0.135. The highest BCUT2D eigenvalue weighted by molar-refractivity contribution is 7.63. The van der Waals surface area contributed by atoms with E-state index in [-0.39, 0.29) is 6.42 Å². The quantitative estimate of drug-likeness (QED) is 0.679. The standard InChI is InChI=1S/C9H19O3P/c1-8(2)7-13(3,12)6-4-5-9(10)11/h8H,4-7H2,1-3H3,(H,10,11). The summed E-state index contributed by atoms with van der Waals surface area (Å²) in [5.41, 5.74) is 0. The zero-order chi connectivity index (χ0) is 10.5. The maximum absolute atomic E-state index is 11.8. The second-order valence-electron chi connectivity index (χ2n) is 4.09. The fraction of sp³-hybridized carbons (Fsp3) is 0.889. The van der Waals surface area contributed by atoms with Crippen molar-refractivity contribution in [3.8, 4) is 0 Å². The van der Waals surface area contributed by atoms with Gasteiger partial charge in [-0.05, 0) is 19.0 Å². The number of carboxylic acids is 1. The molecule has 78 valence electrons. The summed E-state index contributed by atoms with van der Waals surface area (Å²) in [7, 11) is -2.07. The molecule has 0 aliphatic carbocycles. The minimum Gasteiger partial charge on any atom is -0.481 e. The van der Waals surface area contributed by atoms with Crippen molar-refractivity contribution in [2.24, 2.45) is 5.92 Å². The van der Waals surface area contributed by atoms with Crippen molar-refractivity contribution in [2.45, 2.75) is 26.7 Å². The third-order valence-corrected chi connectivity index (χ3v) is 4.54. The average molecular weight is 206 g/mol. The maximum Gasteiger partial charge on any atom is 0.303 e. The largest absolute Gasteiger partial charge is 0.481 e. The minimum atomic E-state index is -2.07. The van der Waals surface area contributed by atoms with Crippen LogP contribution in [0.1, 0.15) is 26.7 Å². The van der Waals surface area contributed by atoms with Crippen molar-refractivity contribution in [2.75, 3.05) is 19.0 Å². The molecular formula is C9H19O3P. The van der Waals surface area contributed by atoms with Crippen LogP contribution in [-0.2, 0) is 9.36 Å². The number of carbonyl (C=O) groups is 1. The number of rotatable bonds is 6. The van der Waals surface area contributed by atoms with Crippen LogP contribution in [0.25, 0.3) is 0 Å². The summed E-state index contributed by atoms with van der Waals surface area (Å²) in [4.78, 5) is 10.2. The monoisotopic (exact) mass is 206 g/mol. The molecule has 0 aromatic carbocycles. The average Bonchev–Trinajstić information content (AvgIpc) is 1.81. The number of aliphatic carboxylic acids is 1. The van der Waals surface area contributed by atoms with Gasteiger partial charge in [0, 0.05) is 18.7 Å². The first-order valence-electron chi connectivity index (χ1n) is 4.61. The number of carboxylic acid groups (broad SMARTS) is 1. The van der Waals surface area contributed by atoms with E-state index in [4.69, 9.17) is 5.11 Å². The van der Waals surface area contributed by atoms with Gasteiger partial charge in [-0.25, -0.2) is 0 Å². The highest BCUT2D eigenvalue weighted by Gasteiger charge is 2.16. The second kappa shape index (κ2) is 5.43. The number of hydrogen-bond acceptors (Lipinski definition) is 2. The molecule has 0 spiro atoms. The van der Waals surface area contributed by atoms with Crippen LogP contribution < -0.4 is 0 Å². The second-order valence-corrected chi connectivity index (χ2v) is 7.50. The Morgan fingerprint density at radius 1 is 1.46 bits per heavy atom. The molecule has 1 unspecified atom stereocenters. The fourth-order valence-corrected chi connectivity index (χ4v) is 3.98. The molecule has 0 amide bonds. The van der Waals surface area contributed by atoms with Crippen molar-refractivity contribution in [3.63, 3.8) is 0 Å². The summed E-state index contributed by atoms with van der Waals surface area (Å²) in [6, 6.07) is 0. The van der Waals surface area contributed by atoms with Gasteiger partial charge in [-0.15, -0.1) is 0 Å². The molecule has 0 aliphatic rings. The summed E-state index contributed by atoms with van der Waals surface area (Å²) in [5, 5.41) is 8.40. The van der Waals surface area contributed by atoms with Crippen molar-refractivity contribution in [1.29, 1.82) is 0 Å². The predicted octanol–water partition coefficient (Wildman–Crippen LogP) is 2.50. The Hall–Kier alpha value is -0.300. The van der Waals surface area contributed by atoms with Gasteiger partial charge in [-0.3, -0.25) is 4.79 Å². The van der Waals surface area contributed by atoms with Gasteiger partial charge in [0.25, 0.3) is 0 Å². The normalized spacial score (nSPS) is 15.7. The lowest BCUT2D eigenvalue weighted by Gasteiger charge is -2.14. The van der Waals surface area contributed by atoms with Gasteiger partial charge in [-0.1, -0.05) is 13.8 Å². The molecule has 4 heteroatoms. The van der Waals surface area contributed by atoms with E-state index in [9.17, 15) is 9.36 Å². The van der Waals surface area contributed by atoms with E-state index in [1.165, 1.54) is 0 Å². The van der Waals surface area contributed by atoms with Gasteiger partial charge in [0.1, 0.15) is 0 Å². The van der Waals surface area contributed by atoms with Crippen molar-refractivity contribution < 1.29 is 14.5 Å². The van der Waals surface area contributed by atoms with Gasteiger partial charge >= 0.3 is 5.97 Å². The molecule has 0 bridgehead atoms. The topological polar surface area (TPSA) is 54.4 Å². The maximum atomic E-state index is 11.8. The van der Waals surface area contributed by atoms with Crippen molar-refractivity contribution in [3.05, 3.63) is 0 Å². The molecule has 0 rings (SSSR count). The molecule has 0 fully saturated rings. The molecule has 0 saturated carbocycles. The van der Waals surface area contributed by atoms with Crippen LogP contribution in [0.4, 0.5) is 0 Å². The Bertz CT molecular complexity index is 211. The zero-order valence-electron chi connectivity index (χ0n) is 8.62.